The van der Waals surface area contributed by atoms with Gasteiger partial charge in [-0.25, -0.2) is 4.79 Å². The quantitative estimate of drug-likeness (QED) is 0.839. The summed E-state index contributed by atoms with van der Waals surface area (Å²) in [6.07, 6.45) is 2.25. The minimum Gasteiger partial charge on any atom is -0.450 e. The molecule has 0 radical (unpaired) electrons. The first-order valence-corrected chi connectivity index (χ1v) is 6.49. The lowest BCUT2D eigenvalue weighted by Crippen LogP contribution is -2.17. The molecule has 2 N–H and O–H groups in total. The van der Waals surface area contributed by atoms with Crippen LogP contribution in [0.15, 0.2) is 24.3 Å². The molecular formula is C14H20N2O2. The fraction of sp³-hybridized carbons (Fsp3) is 0.500. The van der Waals surface area contributed by atoms with Crippen molar-refractivity contribution in [1.29, 1.82) is 0 Å². The molecule has 1 fully saturated rings. The van der Waals surface area contributed by atoms with E-state index in [4.69, 9.17) is 4.74 Å². The molecule has 98 valence electrons. The summed E-state index contributed by atoms with van der Waals surface area (Å²) in [6, 6.07) is 8.22. The molecule has 0 bridgehead atoms. The normalized spacial score (nSPS) is 15.9. The van der Waals surface area contributed by atoms with E-state index < -0.39 is 6.09 Å². The molecule has 18 heavy (non-hydrogen) atoms. The van der Waals surface area contributed by atoms with Crippen LogP contribution in [0.3, 0.4) is 0 Å². The number of nitrogens with one attached hydrogen (secondary N) is 2. The second-order valence-corrected chi connectivity index (χ2v) is 4.69. The fourth-order valence-corrected chi connectivity index (χ4v) is 1.91. The van der Waals surface area contributed by atoms with Gasteiger partial charge in [-0.2, -0.15) is 0 Å². The van der Waals surface area contributed by atoms with Crippen molar-refractivity contribution in [2.24, 2.45) is 5.92 Å². The molecule has 1 aliphatic carbocycles. The van der Waals surface area contributed by atoms with Crippen LogP contribution < -0.4 is 10.6 Å². The number of ether oxygens (including phenoxy) is 1. The highest BCUT2D eigenvalue weighted by atomic mass is 16.5. The van der Waals surface area contributed by atoms with Crippen LogP contribution in [-0.4, -0.2) is 18.7 Å². The van der Waals surface area contributed by atoms with E-state index in [2.05, 4.69) is 17.6 Å². The highest BCUT2D eigenvalue weighted by Gasteiger charge is 2.27. The summed E-state index contributed by atoms with van der Waals surface area (Å²) >= 11 is 0. The summed E-state index contributed by atoms with van der Waals surface area (Å²) in [4.78, 5) is 11.2. The molecule has 1 aromatic rings. The molecule has 1 aromatic carbocycles. The van der Waals surface area contributed by atoms with Crippen LogP contribution in [0.2, 0.25) is 0 Å². The molecular weight excluding hydrogens is 228 g/mol. The number of amides is 1. The molecule has 1 atom stereocenters. The average Bonchev–Trinajstić information content (AvgIpc) is 3.16. The largest absolute Gasteiger partial charge is 0.450 e. The Hall–Kier alpha value is -1.71. The Morgan fingerprint density at radius 3 is 2.50 bits per heavy atom. The zero-order chi connectivity index (χ0) is 13.0. The second-order valence-electron chi connectivity index (χ2n) is 4.69. The van der Waals surface area contributed by atoms with Crippen LogP contribution in [0, 0.1) is 5.92 Å². The number of anilines is 2. The van der Waals surface area contributed by atoms with Crippen molar-refractivity contribution in [3.8, 4) is 0 Å². The number of carbonyl (C=O) groups is 1. The van der Waals surface area contributed by atoms with Crippen molar-refractivity contribution in [3.05, 3.63) is 24.3 Å². The van der Waals surface area contributed by atoms with Gasteiger partial charge < -0.3 is 10.1 Å². The zero-order valence-electron chi connectivity index (χ0n) is 10.9. The zero-order valence-corrected chi connectivity index (χ0v) is 10.9. The van der Waals surface area contributed by atoms with Gasteiger partial charge in [0.1, 0.15) is 0 Å². The molecule has 1 amide bonds. The van der Waals surface area contributed by atoms with E-state index in [0.717, 1.165) is 17.3 Å². The number of hydrogen-bond acceptors (Lipinski definition) is 3. The maximum atomic E-state index is 11.2. The Balaban J connectivity index is 1.86. The van der Waals surface area contributed by atoms with Gasteiger partial charge in [0.25, 0.3) is 0 Å². The van der Waals surface area contributed by atoms with Gasteiger partial charge in [0.15, 0.2) is 0 Å². The number of benzene rings is 1. The third kappa shape index (κ3) is 3.65. The van der Waals surface area contributed by atoms with E-state index >= 15 is 0 Å². The first kappa shape index (κ1) is 12.7. The lowest BCUT2D eigenvalue weighted by atomic mass is 10.2. The van der Waals surface area contributed by atoms with Crippen LogP contribution in [0.5, 0.6) is 0 Å². The monoisotopic (exact) mass is 248 g/mol. The molecule has 0 spiro atoms. The molecule has 1 unspecified atom stereocenters. The number of rotatable bonds is 5. The molecule has 1 saturated carbocycles. The van der Waals surface area contributed by atoms with E-state index in [0.29, 0.717) is 12.6 Å². The predicted molar refractivity (Wildman–Crippen MR) is 72.9 cm³/mol. The van der Waals surface area contributed by atoms with E-state index in [9.17, 15) is 4.79 Å². The van der Waals surface area contributed by atoms with Crippen LogP contribution in [-0.2, 0) is 4.74 Å². The van der Waals surface area contributed by atoms with Gasteiger partial charge in [-0.05, 0) is 56.9 Å². The Bertz CT molecular complexity index is 399. The topological polar surface area (TPSA) is 50.4 Å². The predicted octanol–water partition coefficient (Wildman–Crippen LogP) is 3.47. The lowest BCUT2D eigenvalue weighted by molar-refractivity contribution is 0.168. The SMILES string of the molecule is CCOC(=O)Nc1ccc(NC(C)C2CC2)cc1. The Labute approximate surface area is 108 Å². The van der Waals surface area contributed by atoms with E-state index in [1.54, 1.807) is 6.92 Å². The summed E-state index contributed by atoms with van der Waals surface area (Å²) in [5, 5.41) is 6.14. The molecule has 4 heteroatoms. The summed E-state index contributed by atoms with van der Waals surface area (Å²) in [5.41, 5.74) is 1.84. The number of carbonyl (C=O) groups excluding carboxylic acids is 1. The van der Waals surface area contributed by atoms with Crippen LogP contribution >= 0.6 is 0 Å². The minimum atomic E-state index is -0.412. The summed E-state index contributed by atoms with van der Waals surface area (Å²) in [6.45, 7) is 4.37. The van der Waals surface area contributed by atoms with Crippen molar-refractivity contribution in [2.45, 2.75) is 32.7 Å². The van der Waals surface area contributed by atoms with Crippen molar-refractivity contribution in [3.63, 3.8) is 0 Å². The minimum absolute atomic E-state index is 0.379. The highest BCUT2D eigenvalue weighted by molar-refractivity contribution is 5.84. The van der Waals surface area contributed by atoms with Gasteiger partial charge in [-0.3, -0.25) is 5.32 Å². The molecule has 0 aromatic heterocycles. The molecule has 0 saturated heterocycles. The van der Waals surface area contributed by atoms with Gasteiger partial charge in [0.05, 0.1) is 6.61 Å². The first-order valence-electron chi connectivity index (χ1n) is 6.49. The molecule has 4 nitrogen and oxygen atoms in total. The summed E-state index contributed by atoms with van der Waals surface area (Å²) < 4.78 is 4.81. The van der Waals surface area contributed by atoms with Gasteiger partial charge >= 0.3 is 6.09 Å². The fourth-order valence-electron chi connectivity index (χ4n) is 1.91. The van der Waals surface area contributed by atoms with Gasteiger partial charge in [0, 0.05) is 17.4 Å². The maximum absolute atomic E-state index is 11.2. The van der Waals surface area contributed by atoms with Gasteiger partial charge in [-0.1, -0.05) is 0 Å². The average molecular weight is 248 g/mol. The first-order chi connectivity index (χ1) is 8.69. The van der Waals surface area contributed by atoms with Crippen molar-refractivity contribution in [1.82, 2.24) is 0 Å². The van der Waals surface area contributed by atoms with Crippen LogP contribution in [0.1, 0.15) is 26.7 Å². The second kappa shape index (κ2) is 5.76. The Morgan fingerprint density at radius 1 is 1.33 bits per heavy atom. The van der Waals surface area contributed by atoms with Crippen LogP contribution in [0.25, 0.3) is 0 Å². The maximum Gasteiger partial charge on any atom is 0.411 e. The van der Waals surface area contributed by atoms with Gasteiger partial charge in [-0.15, -0.1) is 0 Å². The van der Waals surface area contributed by atoms with Crippen molar-refractivity contribution >= 4 is 17.5 Å². The molecule has 0 heterocycles. The molecule has 0 aliphatic heterocycles. The Morgan fingerprint density at radius 2 is 1.94 bits per heavy atom. The van der Waals surface area contributed by atoms with Crippen LogP contribution in [0.4, 0.5) is 16.2 Å². The Kier molecular flexibility index (Phi) is 4.07. The molecule has 1 aliphatic rings. The smallest absolute Gasteiger partial charge is 0.411 e. The van der Waals surface area contributed by atoms with Crippen molar-refractivity contribution in [2.75, 3.05) is 17.2 Å². The number of hydrogen-bond donors (Lipinski definition) is 2. The third-order valence-corrected chi connectivity index (χ3v) is 3.13. The highest BCUT2D eigenvalue weighted by Crippen LogP contribution is 2.34. The standard InChI is InChI=1S/C14H20N2O2/c1-3-18-14(17)16-13-8-6-12(7-9-13)15-10(2)11-4-5-11/h6-11,15H,3-5H2,1-2H3,(H,16,17). The van der Waals surface area contributed by atoms with E-state index in [1.807, 2.05) is 24.3 Å². The van der Waals surface area contributed by atoms with E-state index in [1.165, 1.54) is 12.8 Å². The van der Waals surface area contributed by atoms with Crippen molar-refractivity contribution < 1.29 is 9.53 Å². The lowest BCUT2D eigenvalue weighted by Gasteiger charge is -2.14. The molecule has 2 rings (SSSR count). The summed E-state index contributed by atoms with van der Waals surface area (Å²) in [7, 11) is 0. The van der Waals surface area contributed by atoms with Gasteiger partial charge in [0.2, 0.25) is 0 Å². The van der Waals surface area contributed by atoms with E-state index in [-0.39, 0.29) is 0 Å². The third-order valence-electron chi connectivity index (χ3n) is 3.13. The summed E-state index contributed by atoms with van der Waals surface area (Å²) in [5.74, 6) is 0.822.